The summed E-state index contributed by atoms with van der Waals surface area (Å²) in [6, 6.07) is 9.97. The first-order valence-electron chi connectivity index (χ1n) is 10.0. The van der Waals surface area contributed by atoms with Gasteiger partial charge in [0.25, 0.3) is 0 Å². The van der Waals surface area contributed by atoms with Gasteiger partial charge in [-0.25, -0.2) is 0 Å². The molecule has 4 rings (SSSR count). The summed E-state index contributed by atoms with van der Waals surface area (Å²) in [5.74, 6) is -0.937. The smallest absolute Gasteiger partial charge is 0.306 e. The first-order valence-corrected chi connectivity index (χ1v) is 10.0. The second-order valence-electron chi connectivity index (χ2n) is 7.95. The van der Waals surface area contributed by atoms with E-state index in [-0.39, 0.29) is 18.2 Å². The maximum atomic E-state index is 12.2. The Hall–Kier alpha value is -1.73. The highest BCUT2D eigenvalue weighted by molar-refractivity contribution is 5.69. The Bertz CT molecular complexity index is 700. The highest BCUT2D eigenvalue weighted by Crippen LogP contribution is 2.41. The molecule has 0 aromatic heterocycles. The highest BCUT2D eigenvalue weighted by atomic mass is 16.8. The van der Waals surface area contributed by atoms with Crippen molar-refractivity contribution in [3.8, 4) is 0 Å². The fourth-order valence-electron chi connectivity index (χ4n) is 3.98. The zero-order valence-electron chi connectivity index (χ0n) is 16.4. The summed E-state index contributed by atoms with van der Waals surface area (Å²) < 4.78 is 30.2. The molecule has 2 fully saturated rings. The van der Waals surface area contributed by atoms with Gasteiger partial charge in [-0.3, -0.25) is 4.79 Å². The number of rotatable bonds is 4. The van der Waals surface area contributed by atoms with Gasteiger partial charge in [0, 0.05) is 6.42 Å². The van der Waals surface area contributed by atoms with E-state index in [0.29, 0.717) is 25.9 Å². The third kappa shape index (κ3) is 4.46. The Morgan fingerprint density at radius 3 is 2.68 bits per heavy atom. The Balaban J connectivity index is 1.52. The quantitative estimate of drug-likeness (QED) is 0.581. The van der Waals surface area contributed by atoms with Crippen molar-refractivity contribution in [2.24, 2.45) is 0 Å². The average molecular weight is 388 g/mol. The first-order chi connectivity index (χ1) is 13.5. The van der Waals surface area contributed by atoms with Gasteiger partial charge in [-0.05, 0) is 38.7 Å². The number of hydrogen-bond donors (Lipinski definition) is 0. The molecule has 0 amide bonds. The molecule has 6 heteroatoms. The molecule has 28 heavy (non-hydrogen) atoms. The van der Waals surface area contributed by atoms with Crippen LogP contribution < -0.4 is 0 Å². The summed E-state index contributed by atoms with van der Waals surface area (Å²) >= 11 is 0. The summed E-state index contributed by atoms with van der Waals surface area (Å²) in [4.78, 5) is 12.2. The molecule has 2 saturated heterocycles. The molecule has 3 heterocycles. The topological polar surface area (TPSA) is 63.2 Å². The molecule has 0 spiro atoms. The maximum absolute atomic E-state index is 12.2. The Morgan fingerprint density at radius 1 is 1.07 bits per heavy atom. The van der Waals surface area contributed by atoms with E-state index in [1.165, 1.54) is 0 Å². The monoisotopic (exact) mass is 388 g/mol. The minimum Gasteiger partial charge on any atom is -0.459 e. The molecule has 5 atom stereocenters. The molecule has 0 unspecified atom stereocenters. The molecule has 3 aliphatic heterocycles. The average Bonchev–Trinajstić information content (AvgIpc) is 3.17. The molecule has 0 saturated carbocycles. The van der Waals surface area contributed by atoms with Gasteiger partial charge in [0.1, 0.15) is 24.4 Å². The van der Waals surface area contributed by atoms with E-state index in [2.05, 4.69) is 6.08 Å². The van der Waals surface area contributed by atoms with E-state index in [4.69, 9.17) is 23.7 Å². The number of fused-ring (bicyclic) bond motifs is 1. The lowest BCUT2D eigenvalue weighted by atomic mass is 10.0. The Morgan fingerprint density at radius 2 is 1.86 bits per heavy atom. The summed E-state index contributed by atoms with van der Waals surface area (Å²) in [6.45, 7) is 4.16. The van der Waals surface area contributed by atoms with Gasteiger partial charge in [0.15, 0.2) is 12.1 Å². The molecule has 0 bridgehead atoms. The predicted molar refractivity (Wildman–Crippen MR) is 101 cm³/mol. The fourth-order valence-corrected chi connectivity index (χ4v) is 3.98. The lowest BCUT2D eigenvalue weighted by Crippen LogP contribution is -2.44. The van der Waals surface area contributed by atoms with Gasteiger partial charge in [0.05, 0.1) is 6.61 Å². The van der Waals surface area contributed by atoms with Crippen LogP contribution in [0, 0.1) is 0 Å². The second kappa shape index (κ2) is 8.33. The lowest BCUT2D eigenvalue weighted by Gasteiger charge is -2.30. The highest BCUT2D eigenvalue weighted by Gasteiger charge is 2.57. The predicted octanol–water partition coefficient (Wildman–Crippen LogP) is 3.49. The van der Waals surface area contributed by atoms with Crippen molar-refractivity contribution >= 4 is 5.97 Å². The van der Waals surface area contributed by atoms with Gasteiger partial charge in [-0.15, -0.1) is 0 Å². The van der Waals surface area contributed by atoms with Gasteiger partial charge >= 0.3 is 5.97 Å². The van der Waals surface area contributed by atoms with Crippen molar-refractivity contribution < 1.29 is 28.5 Å². The van der Waals surface area contributed by atoms with E-state index >= 15 is 0 Å². The molecular weight excluding hydrogens is 360 g/mol. The Kier molecular flexibility index (Phi) is 5.83. The van der Waals surface area contributed by atoms with Crippen molar-refractivity contribution in [2.45, 2.75) is 82.6 Å². The van der Waals surface area contributed by atoms with Crippen LogP contribution in [0.4, 0.5) is 0 Å². The zero-order valence-corrected chi connectivity index (χ0v) is 16.4. The van der Waals surface area contributed by atoms with Gasteiger partial charge < -0.3 is 23.7 Å². The molecule has 0 radical (unpaired) electrons. The SMILES string of the molecule is CC1(C)O[C@H]2O[C@H]([C@H]3CC/C=C\CCC(=O)O3)[C@H](OCc3ccccc3)[C@H]2O1. The zero-order chi connectivity index (χ0) is 19.6. The van der Waals surface area contributed by atoms with Crippen molar-refractivity contribution in [3.05, 3.63) is 48.0 Å². The summed E-state index contributed by atoms with van der Waals surface area (Å²) in [7, 11) is 0. The maximum Gasteiger partial charge on any atom is 0.306 e. The van der Waals surface area contributed by atoms with Crippen LogP contribution in [0.3, 0.4) is 0 Å². The van der Waals surface area contributed by atoms with Crippen LogP contribution in [0.2, 0.25) is 0 Å². The number of carbonyl (C=O) groups is 1. The third-order valence-corrected chi connectivity index (χ3v) is 5.26. The number of carbonyl (C=O) groups excluding carboxylic acids is 1. The van der Waals surface area contributed by atoms with E-state index in [1.807, 2.05) is 50.3 Å². The molecular formula is C22H28O6. The molecule has 1 aromatic carbocycles. The van der Waals surface area contributed by atoms with Crippen LogP contribution in [0.5, 0.6) is 0 Å². The summed E-state index contributed by atoms with van der Waals surface area (Å²) in [6.07, 6.45) is 4.64. The minimum absolute atomic E-state index is 0.207. The number of benzene rings is 1. The van der Waals surface area contributed by atoms with Crippen molar-refractivity contribution in [1.82, 2.24) is 0 Å². The number of cyclic esters (lactones) is 1. The van der Waals surface area contributed by atoms with Crippen LogP contribution >= 0.6 is 0 Å². The van der Waals surface area contributed by atoms with Gasteiger partial charge in [0.2, 0.25) is 0 Å². The molecule has 6 nitrogen and oxygen atoms in total. The van der Waals surface area contributed by atoms with Gasteiger partial charge in [-0.1, -0.05) is 42.5 Å². The fraction of sp³-hybridized carbons (Fsp3) is 0.591. The van der Waals surface area contributed by atoms with E-state index in [1.54, 1.807) is 0 Å². The first kappa shape index (κ1) is 19.6. The van der Waals surface area contributed by atoms with Crippen LogP contribution in [0.25, 0.3) is 0 Å². The van der Waals surface area contributed by atoms with Crippen molar-refractivity contribution in [1.29, 1.82) is 0 Å². The van der Waals surface area contributed by atoms with E-state index < -0.39 is 24.3 Å². The molecule has 0 N–H and O–H groups in total. The number of allylic oxidation sites excluding steroid dienone is 2. The number of hydrogen-bond acceptors (Lipinski definition) is 6. The standard InChI is InChI=1S/C22H28O6/c1-22(2)27-20-19(24-14-15-10-6-5-7-11-15)18(26-21(20)28-22)16-12-8-3-4-9-13-17(23)25-16/h3-7,10-11,16,18-21H,8-9,12-14H2,1-2H3/b4-3-/t16-,18-,19+,20-,21-/m1/s1. The van der Waals surface area contributed by atoms with Gasteiger partial charge in [-0.2, -0.15) is 0 Å². The summed E-state index contributed by atoms with van der Waals surface area (Å²) in [5.41, 5.74) is 1.07. The van der Waals surface area contributed by atoms with Crippen molar-refractivity contribution in [2.75, 3.05) is 0 Å². The van der Waals surface area contributed by atoms with Crippen LogP contribution in [-0.2, 0) is 35.1 Å². The van der Waals surface area contributed by atoms with E-state index in [0.717, 1.165) is 12.0 Å². The lowest BCUT2D eigenvalue weighted by molar-refractivity contribution is -0.233. The molecule has 0 aliphatic carbocycles. The van der Waals surface area contributed by atoms with E-state index in [9.17, 15) is 4.79 Å². The second-order valence-corrected chi connectivity index (χ2v) is 7.95. The molecule has 3 aliphatic rings. The van der Waals surface area contributed by atoms with Crippen molar-refractivity contribution in [3.63, 3.8) is 0 Å². The third-order valence-electron chi connectivity index (χ3n) is 5.26. The molecule has 152 valence electrons. The molecule has 1 aromatic rings. The summed E-state index contributed by atoms with van der Waals surface area (Å²) in [5, 5.41) is 0. The largest absolute Gasteiger partial charge is 0.459 e. The minimum atomic E-state index is -0.730. The number of ether oxygens (including phenoxy) is 5. The Labute approximate surface area is 165 Å². The van der Waals surface area contributed by atoms with Crippen LogP contribution in [-0.4, -0.2) is 42.5 Å². The number of esters is 1. The normalized spacial score (nSPS) is 36.1. The van der Waals surface area contributed by atoms with Crippen LogP contribution in [0.1, 0.15) is 45.1 Å². The van der Waals surface area contributed by atoms with Crippen LogP contribution in [0.15, 0.2) is 42.5 Å².